The minimum atomic E-state index is -0.368. The first-order valence-electron chi connectivity index (χ1n) is 8.14. The van der Waals surface area contributed by atoms with Gasteiger partial charge in [-0.3, -0.25) is 9.59 Å². The van der Waals surface area contributed by atoms with Crippen LogP contribution in [0.25, 0.3) is 0 Å². The van der Waals surface area contributed by atoms with Gasteiger partial charge < -0.3 is 15.1 Å². The monoisotopic (exact) mass is 295 g/mol. The molecule has 120 valence electrons. The summed E-state index contributed by atoms with van der Waals surface area (Å²) in [6, 6.07) is -0.485. The Hall–Kier alpha value is -1.10. The molecule has 2 saturated heterocycles. The maximum Gasteiger partial charge on any atom is 0.246 e. The topological polar surface area (TPSA) is 52.7 Å². The van der Waals surface area contributed by atoms with Gasteiger partial charge in [-0.15, -0.1) is 0 Å². The van der Waals surface area contributed by atoms with Crippen molar-refractivity contribution < 1.29 is 9.59 Å². The lowest BCUT2D eigenvalue weighted by Crippen LogP contribution is -2.69. The zero-order chi connectivity index (χ0) is 15.7. The highest BCUT2D eigenvalue weighted by Gasteiger charge is 2.46. The van der Waals surface area contributed by atoms with Gasteiger partial charge in [0.2, 0.25) is 11.8 Å². The second-order valence-electron chi connectivity index (χ2n) is 7.20. The van der Waals surface area contributed by atoms with Gasteiger partial charge in [0, 0.05) is 6.04 Å². The molecule has 0 bridgehead atoms. The van der Waals surface area contributed by atoms with Gasteiger partial charge >= 0.3 is 0 Å². The summed E-state index contributed by atoms with van der Waals surface area (Å²) in [6.45, 7) is 10.0. The normalized spacial score (nSPS) is 29.4. The standard InChI is InChI=1S/C16H29N3O2/c1-10(2)13-16(21)19(12-6-8-18(5)9-7-12)14(11(3)4)15(20)17-13/h10-14H,6-9H2,1-5H3,(H,17,20). The Kier molecular flexibility index (Phi) is 4.91. The zero-order valence-electron chi connectivity index (χ0n) is 13.9. The van der Waals surface area contributed by atoms with Gasteiger partial charge in [-0.05, 0) is 44.8 Å². The number of nitrogens with zero attached hydrogens (tertiary/aromatic N) is 2. The Balaban J connectivity index is 2.26. The summed E-state index contributed by atoms with van der Waals surface area (Å²) in [4.78, 5) is 29.6. The van der Waals surface area contributed by atoms with E-state index in [0.717, 1.165) is 25.9 Å². The largest absolute Gasteiger partial charge is 0.342 e. The van der Waals surface area contributed by atoms with Crippen molar-refractivity contribution in [3.8, 4) is 0 Å². The number of carbonyl (C=O) groups excluding carboxylic acids is 2. The number of hydrogen-bond donors (Lipinski definition) is 1. The molecular weight excluding hydrogens is 266 g/mol. The smallest absolute Gasteiger partial charge is 0.246 e. The van der Waals surface area contributed by atoms with E-state index in [9.17, 15) is 9.59 Å². The number of likely N-dealkylation sites (tertiary alicyclic amines) is 1. The van der Waals surface area contributed by atoms with Crippen LogP contribution in [-0.4, -0.2) is 59.9 Å². The summed E-state index contributed by atoms with van der Waals surface area (Å²) in [5, 5.41) is 2.93. The Labute approximate surface area is 128 Å². The third-order valence-corrected chi connectivity index (χ3v) is 4.77. The fourth-order valence-electron chi connectivity index (χ4n) is 3.48. The molecule has 0 saturated carbocycles. The quantitative estimate of drug-likeness (QED) is 0.848. The molecule has 0 radical (unpaired) electrons. The average molecular weight is 295 g/mol. The van der Waals surface area contributed by atoms with Crippen molar-refractivity contribution in [3.05, 3.63) is 0 Å². The van der Waals surface area contributed by atoms with E-state index in [1.807, 2.05) is 32.6 Å². The van der Waals surface area contributed by atoms with Crippen molar-refractivity contribution in [2.24, 2.45) is 11.8 Å². The molecule has 0 aromatic heterocycles. The minimum absolute atomic E-state index is 0.0160. The molecule has 21 heavy (non-hydrogen) atoms. The summed E-state index contributed by atoms with van der Waals surface area (Å²) >= 11 is 0. The van der Waals surface area contributed by atoms with Gasteiger partial charge in [0.25, 0.3) is 0 Å². The maximum atomic E-state index is 12.9. The fraction of sp³-hybridized carbons (Fsp3) is 0.875. The fourth-order valence-corrected chi connectivity index (χ4v) is 3.48. The van der Waals surface area contributed by atoms with Crippen LogP contribution in [0.3, 0.4) is 0 Å². The lowest BCUT2D eigenvalue weighted by molar-refractivity contribution is -0.156. The van der Waals surface area contributed by atoms with E-state index >= 15 is 0 Å². The lowest BCUT2D eigenvalue weighted by Gasteiger charge is -2.47. The predicted molar refractivity (Wildman–Crippen MR) is 82.8 cm³/mol. The molecule has 0 spiro atoms. The maximum absolute atomic E-state index is 12.9. The summed E-state index contributed by atoms with van der Waals surface area (Å²) < 4.78 is 0. The van der Waals surface area contributed by atoms with Gasteiger partial charge in [0.1, 0.15) is 12.1 Å². The number of piperazine rings is 1. The molecule has 2 rings (SSSR count). The third-order valence-electron chi connectivity index (χ3n) is 4.77. The van der Waals surface area contributed by atoms with Gasteiger partial charge in [-0.25, -0.2) is 0 Å². The number of piperidine rings is 1. The van der Waals surface area contributed by atoms with Gasteiger partial charge in [-0.1, -0.05) is 27.7 Å². The van der Waals surface area contributed by atoms with E-state index in [2.05, 4.69) is 17.3 Å². The van der Waals surface area contributed by atoms with Crippen LogP contribution in [0.15, 0.2) is 0 Å². The SMILES string of the molecule is CC(C)C1NC(=O)C(C(C)C)N(C2CCN(C)CC2)C1=O. The van der Waals surface area contributed by atoms with Crippen molar-refractivity contribution in [2.75, 3.05) is 20.1 Å². The van der Waals surface area contributed by atoms with E-state index in [-0.39, 0.29) is 41.8 Å². The van der Waals surface area contributed by atoms with Crippen LogP contribution in [-0.2, 0) is 9.59 Å². The van der Waals surface area contributed by atoms with E-state index < -0.39 is 0 Å². The highest BCUT2D eigenvalue weighted by Crippen LogP contribution is 2.27. The lowest BCUT2D eigenvalue weighted by atomic mass is 9.89. The molecule has 2 amide bonds. The van der Waals surface area contributed by atoms with Gasteiger partial charge in [0.05, 0.1) is 0 Å². The first-order chi connectivity index (χ1) is 9.82. The van der Waals surface area contributed by atoms with Crippen molar-refractivity contribution in [2.45, 2.75) is 58.7 Å². The van der Waals surface area contributed by atoms with Gasteiger partial charge in [0.15, 0.2) is 0 Å². The molecule has 2 fully saturated rings. The molecule has 1 N–H and O–H groups in total. The van der Waals surface area contributed by atoms with Crippen LogP contribution < -0.4 is 5.32 Å². The summed E-state index contributed by atoms with van der Waals surface area (Å²) in [5.41, 5.74) is 0. The molecule has 0 aliphatic carbocycles. The van der Waals surface area contributed by atoms with Crippen LogP contribution in [0, 0.1) is 11.8 Å². The Morgan fingerprint density at radius 2 is 1.62 bits per heavy atom. The molecule has 2 aliphatic rings. The predicted octanol–water partition coefficient (Wildman–Crippen LogP) is 1.09. The molecule has 5 nitrogen and oxygen atoms in total. The van der Waals surface area contributed by atoms with Crippen LogP contribution in [0.4, 0.5) is 0 Å². The molecule has 2 aliphatic heterocycles. The average Bonchev–Trinajstić information content (AvgIpc) is 2.41. The van der Waals surface area contributed by atoms with Crippen molar-refractivity contribution >= 4 is 11.8 Å². The van der Waals surface area contributed by atoms with Crippen LogP contribution >= 0.6 is 0 Å². The molecule has 2 heterocycles. The van der Waals surface area contributed by atoms with E-state index in [4.69, 9.17) is 0 Å². The number of carbonyl (C=O) groups is 2. The van der Waals surface area contributed by atoms with E-state index in [0.29, 0.717) is 0 Å². The highest BCUT2D eigenvalue weighted by atomic mass is 16.2. The highest BCUT2D eigenvalue weighted by molar-refractivity contribution is 5.97. The Morgan fingerprint density at radius 1 is 1.05 bits per heavy atom. The molecule has 0 aromatic carbocycles. The third kappa shape index (κ3) is 3.23. The molecule has 2 atom stereocenters. The minimum Gasteiger partial charge on any atom is -0.342 e. The first kappa shape index (κ1) is 16.3. The van der Waals surface area contributed by atoms with Crippen LogP contribution in [0.1, 0.15) is 40.5 Å². The molecule has 0 aromatic rings. The van der Waals surface area contributed by atoms with Crippen LogP contribution in [0.2, 0.25) is 0 Å². The van der Waals surface area contributed by atoms with E-state index in [1.165, 1.54) is 0 Å². The Morgan fingerprint density at radius 3 is 2.10 bits per heavy atom. The van der Waals surface area contributed by atoms with Crippen molar-refractivity contribution in [1.29, 1.82) is 0 Å². The van der Waals surface area contributed by atoms with Crippen LogP contribution in [0.5, 0.6) is 0 Å². The molecular formula is C16H29N3O2. The molecule has 2 unspecified atom stereocenters. The number of amides is 2. The van der Waals surface area contributed by atoms with Gasteiger partial charge in [-0.2, -0.15) is 0 Å². The number of hydrogen-bond acceptors (Lipinski definition) is 3. The van der Waals surface area contributed by atoms with Crippen molar-refractivity contribution in [3.63, 3.8) is 0 Å². The summed E-state index contributed by atoms with van der Waals surface area (Å²) in [5.74, 6) is 0.394. The van der Waals surface area contributed by atoms with E-state index in [1.54, 1.807) is 0 Å². The number of rotatable bonds is 3. The summed E-state index contributed by atoms with van der Waals surface area (Å²) in [7, 11) is 2.11. The summed E-state index contributed by atoms with van der Waals surface area (Å²) in [6.07, 6.45) is 1.92. The zero-order valence-corrected chi connectivity index (χ0v) is 13.9. The number of nitrogens with one attached hydrogen (secondary N) is 1. The molecule has 5 heteroatoms. The van der Waals surface area contributed by atoms with Crippen molar-refractivity contribution in [1.82, 2.24) is 15.1 Å². The second-order valence-corrected chi connectivity index (χ2v) is 7.20. The Bertz CT molecular complexity index is 400. The first-order valence-corrected chi connectivity index (χ1v) is 8.14. The second kappa shape index (κ2) is 6.34.